The van der Waals surface area contributed by atoms with Gasteiger partial charge in [0.2, 0.25) is 0 Å². The maximum Gasteiger partial charge on any atom is 0.384 e. The molecule has 128 valence electrons. The number of hydrogen-bond acceptors (Lipinski definition) is 2. The lowest BCUT2D eigenvalue weighted by Gasteiger charge is -2.51. The van der Waals surface area contributed by atoms with Gasteiger partial charge in [-0.1, -0.05) is 0 Å². The van der Waals surface area contributed by atoms with Gasteiger partial charge in [-0.15, -0.1) is 0 Å². The summed E-state index contributed by atoms with van der Waals surface area (Å²) < 4.78 is 154. The zero-order chi connectivity index (χ0) is 18.2. The summed E-state index contributed by atoms with van der Waals surface area (Å²) in [5, 5.41) is 0. The highest BCUT2D eigenvalue weighted by molar-refractivity contribution is 6.02. The summed E-state index contributed by atoms with van der Waals surface area (Å²) in [6.45, 7) is 0. The molecule has 0 atom stereocenters. The van der Waals surface area contributed by atoms with Gasteiger partial charge in [0.05, 0.1) is 0 Å². The van der Waals surface area contributed by atoms with E-state index in [1.165, 1.54) is 0 Å². The molecule has 0 bridgehead atoms. The summed E-state index contributed by atoms with van der Waals surface area (Å²) in [5.41, 5.74) is -6.96. The van der Waals surface area contributed by atoms with Crippen LogP contribution in [-0.4, -0.2) is 41.7 Å². The first-order valence-corrected chi connectivity index (χ1v) is 4.68. The van der Waals surface area contributed by atoms with Gasteiger partial charge in [-0.3, -0.25) is 9.59 Å². The maximum absolute atomic E-state index is 13.2. The van der Waals surface area contributed by atoms with Gasteiger partial charge in [-0.05, 0) is 0 Å². The van der Waals surface area contributed by atoms with E-state index in [1.807, 2.05) is 0 Å². The van der Waals surface area contributed by atoms with E-state index in [2.05, 4.69) is 0 Å². The molecule has 0 radical (unpaired) electrons. The average Bonchev–Trinajstić information content (AvgIpc) is 2.25. The number of carbonyl (C=O) groups excluding carboxylic acids is 2. The third-order valence-corrected chi connectivity index (χ3v) is 3.11. The minimum absolute atomic E-state index is 4.66. The van der Waals surface area contributed by atoms with Crippen LogP contribution in [0.1, 0.15) is 0 Å². The highest BCUT2D eigenvalue weighted by Crippen LogP contribution is 2.72. The lowest BCUT2D eigenvalue weighted by molar-refractivity contribution is -0.472. The molecule has 1 saturated carbocycles. The Labute approximate surface area is 111 Å². The second kappa shape index (κ2) is 4.07. The van der Waals surface area contributed by atoms with Crippen LogP contribution >= 0.6 is 0 Å². The Balaban J connectivity index is 4.09. The number of alkyl halides is 10. The van der Waals surface area contributed by atoms with Crippen molar-refractivity contribution in [2.45, 2.75) is 29.6 Å². The van der Waals surface area contributed by atoms with E-state index in [-0.39, 0.29) is 0 Å². The number of hydrogen-bond donors (Lipinski definition) is 0. The van der Waals surface area contributed by atoms with Gasteiger partial charge >= 0.3 is 41.7 Å². The van der Waals surface area contributed by atoms with Gasteiger partial charge in [0.25, 0.3) is 5.41 Å². The van der Waals surface area contributed by atoms with Gasteiger partial charge in [-0.2, -0.15) is 52.7 Å². The number of rotatable bonds is 2. The third kappa shape index (κ3) is 1.36. The molecule has 1 rings (SSSR count). The van der Waals surface area contributed by atoms with Gasteiger partial charge < -0.3 is 0 Å². The van der Waals surface area contributed by atoms with E-state index >= 15 is 0 Å². The van der Waals surface area contributed by atoms with Crippen LogP contribution < -0.4 is 0 Å². The summed E-state index contributed by atoms with van der Waals surface area (Å²) >= 11 is 0. The highest BCUT2D eigenvalue weighted by Gasteiger charge is 3.04. The van der Waals surface area contributed by atoms with E-state index in [9.17, 15) is 62.3 Å². The minimum Gasteiger partial charge on any atom is -0.259 e. The number of carbonyl (C=O) groups is 2. The van der Waals surface area contributed by atoms with Crippen molar-refractivity contribution in [1.29, 1.82) is 0 Å². The lowest BCUT2D eigenvalue weighted by atomic mass is 9.63. The molecule has 0 unspecified atom stereocenters. The second-order valence-corrected chi connectivity index (χ2v) is 4.17. The first-order valence-electron chi connectivity index (χ1n) is 4.68. The number of halogens is 12. The Morgan fingerprint density at radius 3 is 0.818 bits per heavy atom. The smallest absolute Gasteiger partial charge is 0.259 e. The van der Waals surface area contributed by atoms with Crippen molar-refractivity contribution in [2.75, 3.05) is 0 Å². The fourth-order valence-electron chi connectivity index (χ4n) is 1.83. The van der Waals surface area contributed by atoms with Crippen LogP contribution in [0.25, 0.3) is 0 Å². The molecule has 2 nitrogen and oxygen atoms in total. The van der Waals surface area contributed by atoms with E-state index < -0.39 is 47.1 Å². The van der Waals surface area contributed by atoms with E-state index in [0.29, 0.717) is 0 Å². The topological polar surface area (TPSA) is 34.1 Å². The Hall–Kier alpha value is -1.50. The van der Waals surface area contributed by atoms with Crippen molar-refractivity contribution >= 4 is 12.1 Å². The summed E-state index contributed by atoms with van der Waals surface area (Å²) in [5.74, 6) is -37.7. The van der Waals surface area contributed by atoms with E-state index in [0.717, 1.165) is 0 Å². The SMILES string of the molecule is O=C(F)C1(C(=O)F)C(F)(F)C(F)(F)C(F)(F)C(F)(F)C1(F)F. The zero-order valence-corrected chi connectivity index (χ0v) is 9.35. The largest absolute Gasteiger partial charge is 0.384 e. The van der Waals surface area contributed by atoms with Crippen LogP contribution in [-0.2, 0) is 9.59 Å². The molecule has 22 heavy (non-hydrogen) atoms. The van der Waals surface area contributed by atoms with Gasteiger partial charge in [0, 0.05) is 0 Å². The van der Waals surface area contributed by atoms with Gasteiger partial charge in [-0.25, -0.2) is 0 Å². The van der Waals surface area contributed by atoms with E-state index in [1.54, 1.807) is 0 Å². The Kier molecular flexibility index (Phi) is 3.43. The van der Waals surface area contributed by atoms with E-state index in [4.69, 9.17) is 0 Å². The molecule has 1 aliphatic rings. The first-order chi connectivity index (χ1) is 9.39. The molecule has 0 aliphatic heterocycles. The molecule has 14 heteroatoms. The predicted octanol–water partition coefficient (Wildman–Crippen LogP) is 3.16. The molecule has 0 N–H and O–H groups in total. The van der Waals surface area contributed by atoms with Crippen molar-refractivity contribution in [3.8, 4) is 0 Å². The first kappa shape index (κ1) is 18.5. The molecule has 0 aromatic heterocycles. The van der Waals surface area contributed by atoms with Crippen LogP contribution in [0.4, 0.5) is 52.7 Å². The fourth-order valence-corrected chi connectivity index (χ4v) is 1.83. The van der Waals surface area contributed by atoms with Crippen LogP contribution in [0.15, 0.2) is 0 Å². The summed E-state index contributed by atoms with van der Waals surface area (Å²) in [6.07, 6.45) is 0. The molecule has 0 aromatic carbocycles. The maximum atomic E-state index is 13.2. The molecular formula is C8F12O2. The quantitative estimate of drug-likeness (QED) is 0.433. The average molecular weight is 356 g/mol. The zero-order valence-electron chi connectivity index (χ0n) is 9.35. The minimum atomic E-state index is -7.56. The Bertz CT molecular complexity index is 489. The molecule has 0 spiro atoms. The van der Waals surface area contributed by atoms with Crippen LogP contribution in [0, 0.1) is 5.41 Å². The van der Waals surface area contributed by atoms with Gasteiger partial charge in [0.1, 0.15) is 0 Å². The molecule has 0 saturated heterocycles. The van der Waals surface area contributed by atoms with Crippen LogP contribution in [0.5, 0.6) is 0 Å². The fraction of sp³-hybridized carbons (Fsp3) is 0.750. The summed E-state index contributed by atoms with van der Waals surface area (Å²) in [6, 6.07) is -9.32. The standard InChI is InChI=1S/C8F12O2/c9-1(21)3(2(10)22)4(11,12)6(15,16)8(19,20)7(17,18)5(3,13)14. The summed E-state index contributed by atoms with van der Waals surface area (Å²) in [7, 11) is 0. The predicted molar refractivity (Wildman–Crippen MR) is 39.4 cm³/mol. The van der Waals surface area contributed by atoms with Crippen molar-refractivity contribution in [3.63, 3.8) is 0 Å². The highest BCUT2D eigenvalue weighted by atomic mass is 19.4. The Morgan fingerprint density at radius 1 is 0.455 bits per heavy atom. The second-order valence-electron chi connectivity index (χ2n) is 4.17. The van der Waals surface area contributed by atoms with Crippen molar-refractivity contribution in [3.05, 3.63) is 0 Å². The van der Waals surface area contributed by atoms with Crippen LogP contribution in [0.2, 0.25) is 0 Å². The molecular weight excluding hydrogens is 356 g/mol. The summed E-state index contributed by atoms with van der Waals surface area (Å²) in [4.78, 5) is 20.4. The van der Waals surface area contributed by atoms with Crippen molar-refractivity contribution in [1.82, 2.24) is 0 Å². The van der Waals surface area contributed by atoms with Crippen molar-refractivity contribution < 1.29 is 62.3 Å². The Morgan fingerprint density at radius 2 is 0.636 bits per heavy atom. The van der Waals surface area contributed by atoms with Crippen molar-refractivity contribution in [2.24, 2.45) is 5.41 Å². The molecule has 1 aliphatic carbocycles. The normalized spacial score (nSPS) is 29.6. The molecule has 0 amide bonds. The monoisotopic (exact) mass is 356 g/mol. The lowest BCUT2D eigenvalue weighted by Crippen LogP contribution is -2.84. The van der Waals surface area contributed by atoms with Crippen LogP contribution in [0.3, 0.4) is 0 Å². The van der Waals surface area contributed by atoms with Gasteiger partial charge in [0.15, 0.2) is 0 Å². The molecule has 0 aromatic rings. The molecule has 1 fully saturated rings. The third-order valence-electron chi connectivity index (χ3n) is 3.11. The molecule has 0 heterocycles.